The predicted molar refractivity (Wildman–Crippen MR) is 160 cm³/mol. The summed E-state index contributed by atoms with van der Waals surface area (Å²) < 4.78 is 7.88. The van der Waals surface area contributed by atoms with Gasteiger partial charge in [0.05, 0.1) is 11.0 Å². The maximum absolute atomic E-state index is 13.7. The number of nitrogens with zero attached hydrogens (tertiary/aromatic N) is 1. The molecular weight excluding hydrogens is 498 g/mol. The average Bonchev–Trinajstić information content (AvgIpc) is 3.61. The fourth-order valence-electron chi connectivity index (χ4n) is 6.63. The molecule has 5 rings (SSSR count). The van der Waals surface area contributed by atoms with Crippen molar-refractivity contribution in [3.63, 3.8) is 0 Å². The summed E-state index contributed by atoms with van der Waals surface area (Å²) in [6.45, 7) is 13.4. The molecular formula is C34H49N3O3. The average molecular weight is 548 g/mol. The summed E-state index contributed by atoms with van der Waals surface area (Å²) >= 11 is 0. The van der Waals surface area contributed by atoms with E-state index in [0.29, 0.717) is 37.5 Å². The monoisotopic (exact) mass is 547 g/mol. The summed E-state index contributed by atoms with van der Waals surface area (Å²) in [7, 11) is 0. The van der Waals surface area contributed by atoms with Gasteiger partial charge in [-0.15, -0.1) is 0 Å². The van der Waals surface area contributed by atoms with Gasteiger partial charge in [0.2, 0.25) is 5.91 Å². The van der Waals surface area contributed by atoms with Crippen LogP contribution < -0.4 is 11.1 Å². The lowest BCUT2D eigenvalue weighted by atomic mass is 9.79. The van der Waals surface area contributed by atoms with Gasteiger partial charge in [-0.3, -0.25) is 9.59 Å². The van der Waals surface area contributed by atoms with Crippen molar-refractivity contribution in [3.8, 4) is 11.3 Å². The van der Waals surface area contributed by atoms with Crippen LogP contribution >= 0.6 is 0 Å². The SMILES string of the molecule is Cc1c(C(=O)NCC2(C(N)=O)CCOCC2)cc(-c2cc(C(C)(C)C)cc(C3(C)CC3)c2)n1CC1CCCCC1. The van der Waals surface area contributed by atoms with Gasteiger partial charge in [-0.25, -0.2) is 0 Å². The van der Waals surface area contributed by atoms with Crippen molar-refractivity contribution in [2.75, 3.05) is 19.8 Å². The Bertz CT molecular complexity index is 1230. The van der Waals surface area contributed by atoms with E-state index in [0.717, 1.165) is 17.9 Å². The predicted octanol–water partition coefficient (Wildman–Crippen LogP) is 6.40. The maximum atomic E-state index is 13.7. The first-order valence-electron chi connectivity index (χ1n) is 15.4. The summed E-state index contributed by atoms with van der Waals surface area (Å²) in [5, 5.41) is 3.10. The molecule has 0 atom stereocenters. The second kappa shape index (κ2) is 11.0. The smallest absolute Gasteiger partial charge is 0.253 e. The number of carbonyl (C=O) groups is 2. The molecule has 3 N–H and O–H groups in total. The summed E-state index contributed by atoms with van der Waals surface area (Å²) in [5.74, 6) is 0.138. The zero-order valence-electron chi connectivity index (χ0n) is 25.3. The first kappa shape index (κ1) is 28.9. The lowest BCUT2D eigenvalue weighted by molar-refractivity contribution is -0.132. The number of hydrogen-bond donors (Lipinski definition) is 2. The van der Waals surface area contributed by atoms with Crippen molar-refractivity contribution in [1.82, 2.24) is 9.88 Å². The highest BCUT2D eigenvalue weighted by Crippen LogP contribution is 2.49. The Morgan fingerprint density at radius 1 is 1.02 bits per heavy atom. The van der Waals surface area contributed by atoms with Gasteiger partial charge in [0.15, 0.2) is 0 Å². The third-order valence-corrected chi connectivity index (χ3v) is 10.1. The van der Waals surface area contributed by atoms with Crippen molar-refractivity contribution in [2.24, 2.45) is 17.1 Å². The Morgan fingerprint density at radius 3 is 2.30 bits per heavy atom. The van der Waals surface area contributed by atoms with Gasteiger partial charge >= 0.3 is 0 Å². The molecule has 0 unspecified atom stereocenters. The second-order valence-corrected chi connectivity index (χ2v) is 14.2. The fourth-order valence-corrected chi connectivity index (χ4v) is 6.63. The molecule has 0 radical (unpaired) electrons. The molecule has 0 bridgehead atoms. The number of aromatic nitrogens is 1. The van der Waals surface area contributed by atoms with Crippen LogP contribution in [0.3, 0.4) is 0 Å². The highest BCUT2D eigenvalue weighted by atomic mass is 16.5. The van der Waals surface area contributed by atoms with Crippen LogP contribution in [0.15, 0.2) is 24.3 Å². The summed E-state index contributed by atoms with van der Waals surface area (Å²) in [6, 6.07) is 9.21. The lowest BCUT2D eigenvalue weighted by Crippen LogP contribution is -2.49. The molecule has 2 aromatic rings. The molecule has 6 heteroatoms. The normalized spacial score (nSPS) is 20.7. The number of primary amides is 1. The van der Waals surface area contributed by atoms with Gasteiger partial charge in [-0.2, -0.15) is 0 Å². The molecule has 2 amide bonds. The van der Waals surface area contributed by atoms with Gasteiger partial charge in [0.1, 0.15) is 0 Å². The lowest BCUT2D eigenvalue weighted by Gasteiger charge is -2.34. The molecule has 1 aliphatic heterocycles. The van der Waals surface area contributed by atoms with Gasteiger partial charge in [0.25, 0.3) is 5.91 Å². The Hall–Kier alpha value is -2.60. The van der Waals surface area contributed by atoms with Gasteiger partial charge < -0.3 is 20.4 Å². The fraction of sp³-hybridized carbons (Fsp3) is 0.647. The molecule has 218 valence electrons. The Balaban J connectivity index is 1.52. The van der Waals surface area contributed by atoms with Crippen molar-refractivity contribution in [2.45, 2.75) is 110 Å². The quantitative estimate of drug-likeness (QED) is 0.401. The molecule has 1 aromatic carbocycles. The van der Waals surface area contributed by atoms with E-state index in [1.54, 1.807) is 0 Å². The first-order chi connectivity index (χ1) is 18.9. The van der Waals surface area contributed by atoms with E-state index < -0.39 is 5.41 Å². The van der Waals surface area contributed by atoms with Crippen molar-refractivity contribution in [1.29, 1.82) is 0 Å². The number of rotatable bonds is 8. The zero-order chi connectivity index (χ0) is 28.7. The molecule has 3 fully saturated rings. The summed E-state index contributed by atoms with van der Waals surface area (Å²) in [4.78, 5) is 26.1. The number of amides is 2. The number of hydrogen-bond acceptors (Lipinski definition) is 3. The maximum Gasteiger partial charge on any atom is 0.253 e. The van der Waals surface area contributed by atoms with Crippen molar-refractivity contribution in [3.05, 3.63) is 46.6 Å². The topological polar surface area (TPSA) is 86.3 Å². The number of ether oxygens (including phenoxy) is 1. The molecule has 2 saturated carbocycles. The third-order valence-electron chi connectivity index (χ3n) is 10.1. The van der Waals surface area contributed by atoms with E-state index in [1.807, 2.05) is 0 Å². The van der Waals surface area contributed by atoms with Crippen LogP contribution in [-0.2, 0) is 26.9 Å². The Kier molecular flexibility index (Phi) is 7.95. The van der Waals surface area contributed by atoms with Crippen molar-refractivity contribution >= 4 is 11.8 Å². The van der Waals surface area contributed by atoms with Gasteiger partial charge in [0, 0.05) is 37.7 Å². The molecule has 2 aliphatic carbocycles. The third kappa shape index (κ3) is 5.88. The highest BCUT2D eigenvalue weighted by molar-refractivity contribution is 5.97. The van der Waals surface area contributed by atoms with Crippen LogP contribution in [0.1, 0.15) is 113 Å². The minimum Gasteiger partial charge on any atom is -0.381 e. The van der Waals surface area contributed by atoms with Crippen LogP contribution in [0.2, 0.25) is 0 Å². The van der Waals surface area contributed by atoms with Crippen LogP contribution in [-0.4, -0.2) is 36.1 Å². The van der Waals surface area contributed by atoms with Crippen LogP contribution in [0, 0.1) is 18.3 Å². The van der Waals surface area contributed by atoms with E-state index in [-0.39, 0.29) is 29.2 Å². The highest BCUT2D eigenvalue weighted by Gasteiger charge is 2.41. The van der Waals surface area contributed by atoms with Gasteiger partial charge in [-0.1, -0.05) is 53.0 Å². The van der Waals surface area contributed by atoms with Crippen LogP contribution in [0.25, 0.3) is 11.3 Å². The number of benzene rings is 1. The summed E-state index contributed by atoms with van der Waals surface area (Å²) in [6.07, 6.45) is 9.91. The number of carbonyl (C=O) groups excluding carboxylic acids is 2. The Morgan fingerprint density at radius 2 is 1.70 bits per heavy atom. The molecule has 1 saturated heterocycles. The Labute approximate surface area is 240 Å². The van der Waals surface area contributed by atoms with E-state index in [1.165, 1.54) is 61.6 Å². The van der Waals surface area contributed by atoms with Crippen LogP contribution in [0.5, 0.6) is 0 Å². The molecule has 40 heavy (non-hydrogen) atoms. The minimum atomic E-state index is -0.745. The molecule has 6 nitrogen and oxygen atoms in total. The first-order valence-corrected chi connectivity index (χ1v) is 15.4. The van der Waals surface area contributed by atoms with Crippen molar-refractivity contribution < 1.29 is 14.3 Å². The molecule has 2 heterocycles. The minimum absolute atomic E-state index is 0.0266. The van der Waals surface area contributed by atoms with Gasteiger partial charge in [-0.05, 0) is 97.1 Å². The zero-order valence-corrected chi connectivity index (χ0v) is 25.3. The van der Waals surface area contributed by atoms with E-state index in [9.17, 15) is 9.59 Å². The van der Waals surface area contributed by atoms with E-state index >= 15 is 0 Å². The second-order valence-electron chi connectivity index (χ2n) is 14.2. The van der Waals surface area contributed by atoms with E-state index in [4.69, 9.17) is 10.5 Å². The van der Waals surface area contributed by atoms with Crippen LogP contribution in [0.4, 0.5) is 0 Å². The molecule has 1 aromatic heterocycles. The largest absolute Gasteiger partial charge is 0.381 e. The summed E-state index contributed by atoms with van der Waals surface area (Å²) in [5.41, 5.74) is 12.1. The standard InChI is InChI=1S/C34H49N3O3/c1-23-28(30(38)36-22-34(31(35)39)13-15-40-16-14-34)20-29(37(23)21-24-9-7-6-8-10-24)25-17-26(32(2,3)4)19-27(18-25)33(5)11-12-33/h17-20,24H,6-16,21-22H2,1-5H3,(H2,35,39)(H,36,38). The number of nitrogens with one attached hydrogen (secondary N) is 1. The number of nitrogens with two attached hydrogens (primary N) is 1. The molecule has 3 aliphatic rings. The van der Waals surface area contributed by atoms with E-state index in [2.05, 4.69) is 68.8 Å². The molecule has 0 spiro atoms.